The van der Waals surface area contributed by atoms with Gasteiger partial charge in [-0.1, -0.05) is 78.9 Å². The highest BCUT2D eigenvalue weighted by atomic mass is 16.5. The van der Waals surface area contributed by atoms with Crippen LogP contribution in [0.15, 0.2) is 114 Å². The second-order valence-corrected chi connectivity index (χ2v) is 14.1. The van der Waals surface area contributed by atoms with Crippen LogP contribution in [0.5, 0.6) is 11.5 Å². The first-order chi connectivity index (χ1) is 26.3. The lowest BCUT2D eigenvalue weighted by atomic mass is 9.86. The number of carbonyl (C=O) groups excluding carboxylic acids is 1. The number of aromatic hydroxyl groups is 1. The molecule has 0 radical (unpaired) electrons. The molecule has 10 nitrogen and oxygen atoms in total. The number of unbranched alkanes of at least 4 members (excludes halogenated alkanes) is 2. The maximum Gasteiger partial charge on any atom is 0.347 e. The van der Waals surface area contributed by atoms with Gasteiger partial charge in [0.15, 0.2) is 0 Å². The molecule has 5 aromatic rings. The predicted molar refractivity (Wildman–Crippen MR) is 210 cm³/mol. The van der Waals surface area contributed by atoms with Gasteiger partial charge in [-0.25, -0.2) is 4.79 Å². The third-order valence-corrected chi connectivity index (χ3v) is 10.3. The Morgan fingerprint density at radius 2 is 1.56 bits per heavy atom. The van der Waals surface area contributed by atoms with Crippen LogP contribution in [0, 0.1) is 5.92 Å². The van der Waals surface area contributed by atoms with Crippen LogP contribution >= 0.6 is 0 Å². The average molecular weight is 734 g/mol. The number of nitrogens with zero attached hydrogens (tertiary/aromatic N) is 1. The molecule has 0 aliphatic carbocycles. The van der Waals surface area contributed by atoms with Crippen molar-refractivity contribution >= 4 is 16.9 Å². The standard InChI is InChI=1S/C44H51N3O7/c48-39-20-18-37(38-19-21-41(50)46-42(38)39)40(49)30-45-25-8-3-9-29-53-36-16-14-32(15-17-36)22-26-47-27-23-33(24-28-47)31-54-43(51)44(52,34-10-4-1-5-11-34)35-12-6-2-7-13-35/h1-2,4-7,10-21,33,40,45,48-49,52H,3,8-9,22-31H2,(H,46,50). The molecule has 1 aliphatic rings. The Labute approximate surface area is 316 Å². The number of nitrogens with one attached hydrogen (secondary N) is 2. The van der Waals surface area contributed by atoms with Gasteiger partial charge in [-0.15, -0.1) is 0 Å². The largest absolute Gasteiger partial charge is 0.506 e. The van der Waals surface area contributed by atoms with Gasteiger partial charge < -0.3 is 40.0 Å². The lowest BCUT2D eigenvalue weighted by Gasteiger charge is -2.33. The van der Waals surface area contributed by atoms with E-state index in [4.69, 9.17) is 9.47 Å². The zero-order valence-electron chi connectivity index (χ0n) is 30.7. The van der Waals surface area contributed by atoms with E-state index in [-0.39, 0.29) is 17.2 Å². The Bertz CT molecular complexity index is 1940. The molecule has 1 unspecified atom stereocenters. The van der Waals surface area contributed by atoms with Gasteiger partial charge in [0.2, 0.25) is 11.2 Å². The number of hydrogen-bond donors (Lipinski definition) is 5. The summed E-state index contributed by atoms with van der Waals surface area (Å²) in [5.41, 5.74) is 1.09. The Morgan fingerprint density at radius 1 is 0.870 bits per heavy atom. The number of pyridine rings is 1. The quantitative estimate of drug-likeness (QED) is 0.0555. The van der Waals surface area contributed by atoms with Gasteiger partial charge in [0.05, 0.1) is 24.8 Å². The first kappa shape index (κ1) is 38.7. The fourth-order valence-corrected chi connectivity index (χ4v) is 7.09. The Morgan fingerprint density at radius 3 is 2.24 bits per heavy atom. The Hall–Kier alpha value is -5.00. The fraction of sp³-hybridized carbons (Fsp3) is 0.364. The normalized spacial score (nSPS) is 14.6. The maximum absolute atomic E-state index is 13.4. The fourth-order valence-electron chi connectivity index (χ4n) is 7.09. The van der Waals surface area contributed by atoms with Crippen LogP contribution in [0.2, 0.25) is 0 Å². The van der Waals surface area contributed by atoms with E-state index in [0.29, 0.717) is 47.4 Å². The Kier molecular flexibility index (Phi) is 13.5. The molecule has 0 saturated carbocycles. The lowest BCUT2D eigenvalue weighted by Crippen LogP contribution is -2.41. The zero-order valence-corrected chi connectivity index (χ0v) is 30.7. The molecule has 0 amide bonds. The third kappa shape index (κ3) is 9.95. The van der Waals surface area contributed by atoms with Crippen molar-refractivity contribution in [3.05, 3.63) is 142 Å². The van der Waals surface area contributed by atoms with Gasteiger partial charge >= 0.3 is 5.97 Å². The SMILES string of the molecule is O=C(OCC1CCN(CCc2ccc(OCCCCCNCC(O)c3ccc(O)c4[nH]c(=O)ccc34)cc2)CC1)C(O)(c1ccccc1)c1ccccc1. The number of phenols is 1. The summed E-state index contributed by atoms with van der Waals surface area (Å²) in [4.78, 5) is 30.1. The molecular formula is C44H51N3O7. The molecule has 1 atom stereocenters. The summed E-state index contributed by atoms with van der Waals surface area (Å²) < 4.78 is 11.8. The van der Waals surface area contributed by atoms with E-state index in [2.05, 4.69) is 27.3 Å². The molecule has 4 aromatic carbocycles. The molecule has 0 spiro atoms. The number of phenolic OH excluding ortho intramolecular Hbond substituents is 1. The molecule has 284 valence electrons. The van der Waals surface area contributed by atoms with Crippen molar-refractivity contribution in [1.82, 2.24) is 15.2 Å². The summed E-state index contributed by atoms with van der Waals surface area (Å²) in [6.45, 7) is 4.92. The van der Waals surface area contributed by atoms with E-state index in [0.717, 1.165) is 70.5 Å². The lowest BCUT2D eigenvalue weighted by molar-refractivity contribution is -0.164. The first-order valence-electron chi connectivity index (χ1n) is 19.0. The molecule has 54 heavy (non-hydrogen) atoms. The van der Waals surface area contributed by atoms with E-state index in [1.165, 1.54) is 17.7 Å². The van der Waals surface area contributed by atoms with E-state index < -0.39 is 17.7 Å². The summed E-state index contributed by atoms with van der Waals surface area (Å²) in [7, 11) is 0. The van der Waals surface area contributed by atoms with Crippen LogP contribution in [0.1, 0.15) is 60.5 Å². The van der Waals surface area contributed by atoms with Crippen molar-refractivity contribution in [3.63, 3.8) is 0 Å². The number of ether oxygens (including phenoxy) is 2. The van der Waals surface area contributed by atoms with Crippen LogP contribution in [-0.2, 0) is 21.6 Å². The van der Waals surface area contributed by atoms with Gasteiger partial charge in [-0.05, 0) is 111 Å². The maximum atomic E-state index is 13.4. The summed E-state index contributed by atoms with van der Waals surface area (Å²) >= 11 is 0. The number of aliphatic hydroxyl groups excluding tert-OH is 1. The molecule has 1 aliphatic heterocycles. The summed E-state index contributed by atoms with van der Waals surface area (Å²) in [6.07, 6.45) is 4.93. The second-order valence-electron chi connectivity index (χ2n) is 14.1. The average Bonchev–Trinajstić information content (AvgIpc) is 3.21. The van der Waals surface area contributed by atoms with Gasteiger partial charge in [-0.2, -0.15) is 0 Å². The van der Waals surface area contributed by atoms with Gasteiger partial charge in [0.25, 0.3) is 0 Å². The minimum atomic E-state index is -1.85. The number of fused-ring (bicyclic) bond motifs is 1. The van der Waals surface area contributed by atoms with Crippen molar-refractivity contribution in [2.75, 3.05) is 45.9 Å². The van der Waals surface area contributed by atoms with E-state index in [9.17, 15) is 24.9 Å². The van der Waals surface area contributed by atoms with Crippen LogP contribution in [0.3, 0.4) is 0 Å². The molecule has 5 N–H and O–H groups in total. The van der Waals surface area contributed by atoms with Crippen LogP contribution in [0.4, 0.5) is 0 Å². The second kappa shape index (κ2) is 18.9. The summed E-state index contributed by atoms with van der Waals surface area (Å²) in [5.74, 6) is 0.463. The number of aromatic amines is 1. The van der Waals surface area contributed by atoms with Crippen molar-refractivity contribution < 1.29 is 29.6 Å². The number of benzene rings is 4. The topological polar surface area (TPSA) is 144 Å². The van der Waals surface area contributed by atoms with Crippen LogP contribution in [0.25, 0.3) is 10.9 Å². The minimum absolute atomic E-state index is 0.0206. The molecule has 0 bridgehead atoms. The zero-order chi connectivity index (χ0) is 37.8. The van der Waals surface area contributed by atoms with Crippen molar-refractivity contribution in [1.29, 1.82) is 0 Å². The highest BCUT2D eigenvalue weighted by Crippen LogP contribution is 2.32. The molecule has 10 heteroatoms. The number of H-pyrrole nitrogens is 1. The van der Waals surface area contributed by atoms with Crippen molar-refractivity contribution in [2.45, 2.75) is 50.2 Å². The highest BCUT2D eigenvalue weighted by molar-refractivity contribution is 5.87. The summed E-state index contributed by atoms with van der Waals surface area (Å²) in [5, 5.41) is 36.3. The van der Waals surface area contributed by atoms with Crippen molar-refractivity contribution in [2.24, 2.45) is 5.92 Å². The van der Waals surface area contributed by atoms with E-state index in [1.54, 1.807) is 36.4 Å². The molecule has 2 heterocycles. The minimum Gasteiger partial charge on any atom is -0.506 e. The molecule has 1 saturated heterocycles. The molecule has 6 rings (SSSR count). The highest BCUT2D eigenvalue weighted by Gasteiger charge is 2.42. The molecule has 1 aromatic heterocycles. The van der Waals surface area contributed by atoms with Gasteiger partial charge in [-0.3, -0.25) is 4.79 Å². The number of aliphatic hydroxyl groups is 2. The number of hydrogen-bond acceptors (Lipinski definition) is 9. The van der Waals surface area contributed by atoms with Gasteiger partial charge in [0, 0.05) is 24.5 Å². The number of esters is 1. The number of rotatable bonds is 18. The number of carbonyl (C=O) groups is 1. The van der Waals surface area contributed by atoms with E-state index >= 15 is 0 Å². The third-order valence-electron chi connectivity index (χ3n) is 10.3. The number of piperidine rings is 1. The molecule has 1 fully saturated rings. The predicted octanol–water partition coefficient (Wildman–Crippen LogP) is 5.84. The Balaban J connectivity index is 0.832. The van der Waals surface area contributed by atoms with Gasteiger partial charge in [0.1, 0.15) is 11.5 Å². The monoisotopic (exact) mass is 733 g/mol. The first-order valence-corrected chi connectivity index (χ1v) is 19.0. The van der Waals surface area contributed by atoms with Crippen molar-refractivity contribution in [3.8, 4) is 11.5 Å². The van der Waals surface area contributed by atoms with E-state index in [1.807, 2.05) is 48.5 Å². The number of likely N-dealkylation sites (tertiary alicyclic amines) is 1. The molecular weight excluding hydrogens is 682 g/mol. The van der Waals surface area contributed by atoms with Crippen LogP contribution < -0.4 is 15.6 Å². The number of aromatic nitrogens is 1. The smallest absolute Gasteiger partial charge is 0.347 e. The summed E-state index contributed by atoms with van der Waals surface area (Å²) in [6, 6.07) is 32.5. The van der Waals surface area contributed by atoms with Crippen LogP contribution in [-0.4, -0.2) is 77.1 Å².